The van der Waals surface area contributed by atoms with Crippen molar-refractivity contribution in [2.75, 3.05) is 0 Å². The Balaban J connectivity index is 1.20. The number of rotatable bonds is 5. The molecule has 0 amide bonds. The summed E-state index contributed by atoms with van der Waals surface area (Å²) in [6.07, 6.45) is 0. The van der Waals surface area contributed by atoms with Crippen LogP contribution in [0.15, 0.2) is 180 Å². The van der Waals surface area contributed by atoms with Gasteiger partial charge in [-0.25, -0.2) is 15.0 Å². The average Bonchev–Trinajstić information content (AvgIpc) is 3.60. The molecule has 0 atom stereocenters. The Labute approximate surface area is 294 Å². The van der Waals surface area contributed by atoms with Gasteiger partial charge in [0.2, 0.25) is 0 Å². The summed E-state index contributed by atoms with van der Waals surface area (Å²) in [5.74, 6) is 1.85. The smallest absolute Gasteiger partial charge is 0.164 e. The van der Waals surface area contributed by atoms with E-state index in [-0.39, 0.29) is 0 Å². The Bertz CT molecular complexity index is 2910. The summed E-state index contributed by atoms with van der Waals surface area (Å²) in [5, 5.41) is 6.69. The first-order valence-corrected chi connectivity index (χ1v) is 17.1. The Morgan fingerprint density at radius 1 is 0.275 bits per heavy atom. The molecule has 2 aromatic heterocycles. The molecule has 8 aromatic carbocycles. The molecule has 0 saturated heterocycles. The topological polar surface area (TPSA) is 51.8 Å². The largest absolute Gasteiger partial charge is 0.456 e. The van der Waals surface area contributed by atoms with Crippen LogP contribution in [0.1, 0.15) is 0 Å². The minimum atomic E-state index is 0.603. The summed E-state index contributed by atoms with van der Waals surface area (Å²) in [6, 6.07) is 61.1. The van der Waals surface area contributed by atoms with Gasteiger partial charge in [-0.2, -0.15) is 0 Å². The van der Waals surface area contributed by atoms with Crippen molar-refractivity contribution in [1.82, 2.24) is 15.0 Å². The Kier molecular flexibility index (Phi) is 6.78. The van der Waals surface area contributed by atoms with Crippen LogP contribution in [0.25, 0.3) is 99.9 Å². The van der Waals surface area contributed by atoms with Crippen molar-refractivity contribution in [3.8, 4) is 56.4 Å². The number of fused-ring (bicyclic) bond motifs is 5. The summed E-state index contributed by atoms with van der Waals surface area (Å²) in [7, 11) is 0. The van der Waals surface area contributed by atoms with E-state index in [9.17, 15) is 0 Å². The third-order valence-corrected chi connectivity index (χ3v) is 9.77. The van der Waals surface area contributed by atoms with Crippen molar-refractivity contribution in [3.63, 3.8) is 0 Å². The number of hydrogen-bond acceptors (Lipinski definition) is 4. The lowest BCUT2D eigenvalue weighted by Crippen LogP contribution is -2.01. The molecule has 51 heavy (non-hydrogen) atoms. The highest BCUT2D eigenvalue weighted by atomic mass is 16.3. The summed E-state index contributed by atoms with van der Waals surface area (Å²) in [5.41, 5.74) is 9.21. The fraction of sp³-hybridized carbons (Fsp3) is 0. The quantitative estimate of drug-likeness (QED) is 0.186. The maximum atomic E-state index is 6.25. The highest BCUT2D eigenvalue weighted by Crippen LogP contribution is 2.41. The van der Waals surface area contributed by atoms with Gasteiger partial charge in [0.05, 0.1) is 0 Å². The van der Waals surface area contributed by atoms with Gasteiger partial charge in [0.25, 0.3) is 0 Å². The first kappa shape index (κ1) is 29.0. The second-order valence-electron chi connectivity index (χ2n) is 12.7. The third kappa shape index (κ3) is 4.88. The van der Waals surface area contributed by atoms with E-state index in [2.05, 4.69) is 115 Å². The zero-order valence-corrected chi connectivity index (χ0v) is 27.5. The summed E-state index contributed by atoms with van der Waals surface area (Å²) >= 11 is 0. The second-order valence-corrected chi connectivity index (χ2v) is 12.7. The molecule has 0 N–H and O–H groups in total. The number of para-hydroxylation sites is 1. The number of hydrogen-bond donors (Lipinski definition) is 0. The molecule has 0 fully saturated rings. The molecule has 238 valence electrons. The molecular weight excluding hydrogens is 623 g/mol. The molecule has 0 aliphatic carbocycles. The fourth-order valence-corrected chi connectivity index (χ4v) is 7.44. The van der Waals surface area contributed by atoms with Gasteiger partial charge < -0.3 is 4.42 Å². The van der Waals surface area contributed by atoms with Crippen molar-refractivity contribution in [2.24, 2.45) is 0 Å². The number of nitrogens with zero attached hydrogens (tertiary/aromatic N) is 3. The van der Waals surface area contributed by atoms with E-state index >= 15 is 0 Å². The van der Waals surface area contributed by atoms with Gasteiger partial charge in [-0.15, -0.1) is 0 Å². The van der Waals surface area contributed by atoms with Crippen LogP contribution in [0.4, 0.5) is 0 Å². The van der Waals surface area contributed by atoms with Crippen molar-refractivity contribution >= 4 is 43.5 Å². The number of benzene rings is 8. The Hall–Kier alpha value is -6.91. The molecule has 0 spiro atoms. The van der Waals surface area contributed by atoms with Crippen LogP contribution in [-0.2, 0) is 0 Å². The van der Waals surface area contributed by atoms with Crippen LogP contribution < -0.4 is 0 Å². The van der Waals surface area contributed by atoms with Crippen LogP contribution in [-0.4, -0.2) is 15.0 Å². The third-order valence-electron chi connectivity index (χ3n) is 9.77. The van der Waals surface area contributed by atoms with Crippen molar-refractivity contribution in [2.45, 2.75) is 0 Å². The molecule has 0 aliphatic heterocycles. The van der Waals surface area contributed by atoms with Crippen molar-refractivity contribution in [3.05, 3.63) is 176 Å². The molecule has 0 unspecified atom stereocenters. The first-order valence-electron chi connectivity index (χ1n) is 17.1. The number of aromatic nitrogens is 3. The predicted octanol–water partition coefficient (Wildman–Crippen LogP) is 12.4. The van der Waals surface area contributed by atoms with Gasteiger partial charge in [-0.05, 0) is 55.9 Å². The molecule has 4 nitrogen and oxygen atoms in total. The van der Waals surface area contributed by atoms with Gasteiger partial charge in [-0.1, -0.05) is 164 Å². The van der Waals surface area contributed by atoms with Crippen LogP contribution in [0, 0.1) is 0 Å². The highest BCUT2D eigenvalue weighted by Gasteiger charge is 2.19. The SMILES string of the molecule is c1ccc(-c2nc(-c3cccc4c(-c5ccc(-c6ccccc6)c6ccccc56)cccc34)nc(-c3cccc4oc5ccccc5c34)n2)cc1. The van der Waals surface area contributed by atoms with E-state index in [4.69, 9.17) is 19.4 Å². The normalized spacial score (nSPS) is 11.5. The summed E-state index contributed by atoms with van der Waals surface area (Å²) in [6.45, 7) is 0. The van der Waals surface area contributed by atoms with E-state index in [1.165, 1.54) is 27.5 Å². The second kappa shape index (κ2) is 11.9. The van der Waals surface area contributed by atoms with E-state index in [1.807, 2.05) is 60.7 Å². The van der Waals surface area contributed by atoms with Gasteiger partial charge >= 0.3 is 0 Å². The van der Waals surface area contributed by atoms with Crippen LogP contribution >= 0.6 is 0 Å². The van der Waals surface area contributed by atoms with Gasteiger partial charge in [0, 0.05) is 27.5 Å². The molecule has 4 heteroatoms. The van der Waals surface area contributed by atoms with Crippen LogP contribution in [0.2, 0.25) is 0 Å². The molecule has 0 saturated carbocycles. The van der Waals surface area contributed by atoms with Crippen molar-refractivity contribution in [1.29, 1.82) is 0 Å². The van der Waals surface area contributed by atoms with Crippen molar-refractivity contribution < 1.29 is 4.42 Å². The monoisotopic (exact) mass is 651 g/mol. The zero-order chi connectivity index (χ0) is 33.7. The lowest BCUT2D eigenvalue weighted by molar-refractivity contribution is 0.669. The molecule has 0 radical (unpaired) electrons. The summed E-state index contributed by atoms with van der Waals surface area (Å²) in [4.78, 5) is 15.4. The maximum Gasteiger partial charge on any atom is 0.164 e. The Morgan fingerprint density at radius 3 is 1.47 bits per heavy atom. The van der Waals surface area contributed by atoms with Gasteiger partial charge in [-0.3, -0.25) is 0 Å². The highest BCUT2D eigenvalue weighted by molar-refractivity contribution is 6.13. The van der Waals surface area contributed by atoms with E-state index in [0.29, 0.717) is 17.5 Å². The fourth-order valence-electron chi connectivity index (χ4n) is 7.44. The Morgan fingerprint density at radius 2 is 0.725 bits per heavy atom. The standard InChI is InChI=1S/C47H29N3O/c1-3-14-30(15-4-1)32-28-29-38(34-19-8-7-18-33(32)34)36-21-11-23-37-35(36)22-12-24-39(37)46-48-45(31-16-5-2-6-17-31)49-47(50-46)41-25-13-27-43-44(41)40-20-9-10-26-42(40)51-43/h1-29H. The molecular formula is C47H29N3O. The minimum absolute atomic E-state index is 0.603. The molecule has 0 bridgehead atoms. The van der Waals surface area contributed by atoms with E-state index in [0.717, 1.165) is 55.0 Å². The first-order chi connectivity index (χ1) is 25.3. The maximum absolute atomic E-state index is 6.25. The molecule has 10 aromatic rings. The van der Waals surface area contributed by atoms with Crippen LogP contribution in [0.3, 0.4) is 0 Å². The number of furan rings is 1. The lowest BCUT2D eigenvalue weighted by Gasteiger charge is -2.15. The summed E-state index contributed by atoms with van der Waals surface area (Å²) < 4.78 is 6.25. The van der Waals surface area contributed by atoms with Gasteiger partial charge in [0.1, 0.15) is 11.2 Å². The van der Waals surface area contributed by atoms with Crippen LogP contribution in [0.5, 0.6) is 0 Å². The lowest BCUT2D eigenvalue weighted by atomic mass is 9.89. The predicted molar refractivity (Wildman–Crippen MR) is 209 cm³/mol. The van der Waals surface area contributed by atoms with E-state index < -0.39 is 0 Å². The van der Waals surface area contributed by atoms with Gasteiger partial charge in [0.15, 0.2) is 17.5 Å². The zero-order valence-electron chi connectivity index (χ0n) is 27.5. The van der Waals surface area contributed by atoms with E-state index in [1.54, 1.807) is 0 Å². The average molecular weight is 652 g/mol. The molecule has 2 heterocycles. The molecule has 10 rings (SSSR count). The minimum Gasteiger partial charge on any atom is -0.456 e. The molecule has 0 aliphatic rings.